The first-order valence-corrected chi connectivity index (χ1v) is 8.41. The maximum atomic E-state index is 12.8. The zero-order chi connectivity index (χ0) is 16.7. The van der Waals surface area contributed by atoms with Gasteiger partial charge in [0, 0.05) is 38.6 Å². The molecule has 0 unspecified atom stereocenters. The lowest BCUT2D eigenvalue weighted by Crippen LogP contribution is -2.50. The van der Waals surface area contributed by atoms with Gasteiger partial charge in [0.1, 0.15) is 11.3 Å². The average molecular weight is 327 g/mol. The number of hydrogen-bond acceptors (Lipinski definition) is 3. The van der Waals surface area contributed by atoms with Gasteiger partial charge in [0.15, 0.2) is 0 Å². The monoisotopic (exact) mass is 327 g/mol. The third-order valence-electron chi connectivity index (χ3n) is 4.85. The van der Waals surface area contributed by atoms with Crippen molar-refractivity contribution in [3.8, 4) is 0 Å². The van der Waals surface area contributed by atoms with Gasteiger partial charge >= 0.3 is 6.03 Å². The van der Waals surface area contributed by atoms with Crippen molar-refractivity contribution < 1.29 is 9.59 Å². The van der Waals surface area contributed by atoms with Gasteiger partial charge in [0.05, 0.1) is 6.04 Å². The van der Waals surface area contributed by atoms with E-state index in [1.54, 1.807) is 6.20 Å². The van der Waals surface area contributed by atoms with E-state index in [4.69, 9.17) is 0 Å². The summed E-state index contributed by atoms with van der Waals surface area (Å²) in [6, 6.07) is 4.04. The average Bonchev–Trinajstić information content (AvgIpc) is 3.20. The smallest absolute Gasteiger partial charge is 0.317 e. The van der Waals surface area contributed by atoms with Crippen molar-refractivity contribution in [2.24, 2.45) is 0 Å². The standard InChI is InChI=1S/C17H21N5O2/c1-12-4-7-20-11-14(19-15(20)9-12)16(23)21-6-2-3-13(10-21)22-8-5-18-17(22)24/h4,7,9,11,13H,2-3,5-6,8,10H2,1H3,(H,18,24)/t13-/m1/s1. The minimum absolute atomic E-state index is 0.0162. The molecule has 4 rings (SSSR count). The quantitative estimate of drug-likeness (QED) is 0.903. The summed E-state index contributed by atoms with van der Waals surface area (Å²) in [5.41, 5.74) is 2.36. The minimum atomic E-state index is -0.0549. The third-order valence-corrected chi connectivity index (χ3v) is 4.85. The van der Waals surface area contributed by atoms with Crippen molar-refractivity contribution in [2.45, 2.75) is 25.8 Å². The molecule has 7 nitrogen and oxygen atoms in total. The first kappa shape index (κ1) is 15.0. The lowest BCUT2D eigenvalue weighted by Gasteiger charge is -2.36. The van der Waals surface area contributed by atoms with E-state index in [-0.39, 0.29) is 18.0 Å². The van der Waals surface area contributed by atoms with Gasteiger partial charge < -0.3 is 19.5 Å². The Morgan fingerprint density at radius 2 is 2.25 bits per heavy atom. The molecule has 126 valence electrons. The Balaban J connectivity index is 1.53. The van der Waals surface area contributed by atoms with Crippen LogP contribution in [0.15, 0.2) is 24.5 Å². The van der Waals surface area contributed by atoms with Gasteiger partial charge in [0.25, 0.3) is 5.91 Å². The number of amides is 3. The lowest BCUT2D eigenvalue weighted by molar-refractivity contribution is 0.0629. The number of piperidine rings is 1. The molecule has 24 heavy (non-hydrogen) atoms. The SMILES string of the molecule is Cc1ccn2cc(C(=O)N3CCC[C@@H](N4CCNC4=O)C3)nc2c1. The van der Waals surface area contributed by atoms with E-state index in [1.807, 2.05) is 39.5 Å². The van der Waals surface area contributed by atoms with Gasteiger partial charge in [-0.3, -0.25) is 4.79 Å². The molecule has 2 aromatic rings. The first-order valence-electron chi connectivity index (χ1n) is 8.41. The maximum absolute atomic E-state index is 12.8. The summed E-state index contributed by atoms with van der Waals surface area (Å²) < 4.78 is 1.87. The molecule has 1 atom stereocenters. The van der Waals surface area contributed by atoms with E-state index in [9.17, 15) is 9.59 Å². The van der Waals surface area contributed by atoms with Crippen LogP contribution < -0.4 is 5.32 Å². The Bertz CT molecular complexity index is 799. The zero-order valence-corrected chi connectivity index (χ0v) is 13.7. The van der Waals surface area contributed by atoms with Crippen LogP contribution in [0.3, 0.4) is 0 Å². The number of rotatable bonds is 2. The second kappa shape index (κ2) is 5.81. The highest BCUT2D eigenvalue weighted by Gasteiger charge is 2.33. The van der Waals surface area contributed by atoms with Crippen LogP contribution in [-0.4, -0.2) is 63.3 Å². The minimum Gasteiger partial charge on any atom is -0.336 e. The summed E-state index contributed by atoms with van der Waals surface area (Å²) in [5, 5.41) is 2.83. The topological polar surface area (TPSA) is 70.0 Å². The summed E-state index contributed by atoms with van der Waals surface area (Å²) in [7, 11) is 0. The molecule has 2 aliphatic heterocycles. The van der Waals surface area contributed by atoms with Crippen molar-refractivity contribution in [1.29, 1.82) is 0 Å². The van der Waals surface area contributed by atoms with Crippen LogP contribution >= 0.6 is 0 Å². The molecule has 0 radical (unpaired) electrons. The normalized spacial score (nSPS) is 21.4. The van der Waals surface area contributed by atoms with E-state index < -0.39 is 0 Å². The molecule has 4 heterocycles. The molecule has 0 aliphatic carbocycles. The molecule has 2 fully saturated rings. The van der Waals surface area contributed by atoms with Crippen molar-refractivity contribution >= 4 is 17.6 Å². The van der Waals surface area contributed by atoms with E-state index >= 15 is 0 Å². The van der Waals surface area contributed by atoms with Gasteiger partial charge in [-0.05, 0) is 37.5 Å². The van der Waals surface area contributed by atoms with E-state index in [0.717, 1.165) is 37.1 Å². The summed E-state index contributed by atoms with van der Waals surface area (Å²) in [6.07, 6.45) is 5.56. The lowest BCUT2D eigenvalue weighted by atomic mass is 10.0. The number of hydrogen-bond donors (Lipinski definition) is 1. The fourth-order valence-electron chi connectivity index (χ4n) is 3.58. The highest BCUT2D eigenvalue weighted by atomic mass is 16.2. The van der Waals surface area contributed by atoms with Crippen LogP contribution in [0.4, 0.5) is 4.79 Å². The Labute approximate surface area is 140 Å². The molecule has 2 saturated heterocycles. The predicted molar refractivity (Wildman–Crippen MR) is 89.0 cm³/mol. The van der Waals surface area contributed by atoms with Gasteiger partial charge in [-0.2, -0.15) is 0 Å². The second-order valence-electron chi connectivity index (χ2n) is 6.57. The fraction of sp³-hybridized carbons (Fsp3) is 0.471. The summed E-state index contributed by atoms with van der Waals surface area (Å²) >= 11 is 0. The van der Waals surface area contributed by atoms with Crippen LogP contribution in [0, 0.1) is 6.92 Å². The molecule has 0 saturated carbocycles. The van der Waals surface area contributed by atoms with Gasteiger partial charge in [0.2, 0.25) is 0 Å². The zero-order valence-electron chi connectivity index (χ0n) is 13.7. The summed E-state index contributed by atoms with van der Waals surface area (Å²) in [5.74, 6) is -0.0549. The molecule has 0 bridgehead atoms. The molecule has 0 spiro atoms. The molecular weight excluding hydrogens is 306 g/mol. The van der Waals surface area contributed by atoms with Crippen LogP contribution in [0.5, 0.6) is 0 Å². The third kappa shape index (κ3) is 2.60. The van der Waals surface area contributed by atoms with Crippen molar-refractivity contribution in [3.63, 3.8) is 0 Å². The molecule has 2 aliphatic rings. The van der Waals surface area contributed by atoms with Crippen LogP contribution in [-0.2, 0) is 0 Å². The molecular formula is C17H21N5O2. The fourth-order valence-corrected chi connectivity index (χ4v) is 3.58. The number of pyridine rings is 1. The highest BCUT2D eigenvalue weighted by molar-refractivity contribution is 5.93. The number of carbonyl (C=O) groups excluding carboxylic acids is 2. The summed E-state index contributed by atoms with van der Waals surface area (Å²) in [6.45, 7) is 4.72. The van der Waals surface area contributed by atoms with E-state index in [1.165, 1.54) is 0 Å². The Kier molecular flexibility index (Phi) is 3.63. The molecule has 0 aromatic carbocycles. The van der Waals surface area contributed by atoms with E-state index in [0.29, 0.717) is 18.8 Å². The van der Waals surface area contributed by atoms with Crippen LogP contribution in [0.25, 0.3) is 5.65 Å². The highest BCUT2D eigenvalue weighted by Crippen LogP contribution is 2.19. The van der Waals surface area contributed by atoms with Crippen molar-refractivity contribution in [2.75, 3.05) is 26.2 Å². The number of aromatic nitrogens is 2. The number of likely N-dealkylation sites (tertiary alicyclic amines) is 1. The number of aryl methyl sites for hydroxylation is 1. The van der Waals surface area contributed by atoms with Gasteiger partial charge in [-0.1, -0.05) is 0 Å². The largest absolute Gasteiger partial charge is 0.336 e. The second-order valence-corrected chi connectivity index (χ2v) is 6.57. The Hall–Kier alpha value is -2.57. The summed E-state index contributed by atoms with van der Waals surface area (Å²) in [4.78, 5) is 32.8. The number of imidazole rings is 1. The first-order chi connectivity index (χ1) is 11.6. The Morgan fingerprint density at radius 3 is 3.04 bits per heavy atom. The number of carbonyl (C=O) groups is 2. The predicted octanol–water partition coefficient (Wildman–Crippen LogP) is 1.27. The molecule has 1 N–H and O–H groups in total. The number of nitrogens with zero attached hydrogens (tertiary/aromatic N) is 4. The molecule has 7 heteroatoms. The molecule has 3 amide bonds. The van der Waals surface area contributed by atoms with E-state index in [2.05, 4.69) is 10.3 Å². The van der Waals surface area contributed by atoms with Gasteiger partial charge in [-0.25, -0.2) is 9.78 Å². The van der Waals surface area contributed by atoms with Crippen molar-refractivity contribution in [3.05, 3.63) is 35.8 Å². The molecule has 2 aromatic heterocycles. The van der Waals surface area contributed by atoms with Crippen LogP contribution in [0.1, 0.15) is 28.9 Å². The number of nitrogens with one attached hydrogen (secondary N) is 1. The number of urea groups is 1. The van der Waals surface area contributed by atoms with Crippen LogP contribution in [0.2, 0.25) is 0 Å². The number of fused-ring (bicyclic) bond motifs is 1. The maximum Gasteiger partial charge on any atom is 0.317 e. The van der Waals surface area contributed by atoms with Crippen molar-refractivity contribution in [1.82, 2.24) is 24.5 Å². The Morgan fingerprint density at radius 1 is 1.38 bits per heavy atom. The van der Waals surface area contributed by atoms with Gasteiger partial charge in [-0.15, -0.1) is 0 Å².